The molecule has 0 aliphatic carbocycles. The Morgan fingerprint density at radius 2 is 2.14 bits per heavy atom. The Balaban J connectivity index is 0. The van der Waals surface area contributed by atoms with Gasteiger partial charge in [-0.3, -0.25) is 10.1 Å². The first-order chi connectivity index (χ1) is 2.77. The zero-order chi connectivity index (χ0) is 4.99. The van der Waals surface area contributed by atoms with E-state index in [2.05, 4.69) is 0 Å². The Kier molecular flexibility index (Phi) is 9.90. The normalized spacial score (nSPS) is 8.00. The second-order valence-corrected chi connectivity index (χ2v) is 0.583. The molecule has 0 aliphatic rings. The maximum absolute atomic E-state index is 9.16. The van der Waals surface area contributed by atoms with Crippen LogP contribution < -0.4 is 0 Å². The number of hydrogen-bond acceptors (Lipinski definition) is 3. The molecule has 0 saturated heterocycles. The van der Waals surface area contributed by atoms with Gasteiger partial charge < -0.3 is 5.11 Å². The Labute approximate surface area is 82.8 Å². The molecule has 0 unspecified atom stereocenters. The van der Waals surface area contributed by atoms with Crippen molar-refractivity contribution < 1.29 is 10.0 Å². The van der Waals surface area contributed by atoms with Crippen LogP contribution in [0.15, 0.2) is 12.5 Å². The van der Waals surface area contributed by atoms with Gasteiger partial charge in [-0.05, 0) is 0 Å². The van der Waals surface area contributed by atoms with Crippen molar-refractivity contribution in [1.29, 1.82) is 0 Å². The number of rotatable bonds is 1. The summed E-state index contributed by atoms with van der Waals surface area (Å²) in [4.78, 5) is 8.41. The zero-order valence-electron chi connectivity index (χ0n) is 3.87. The Hall–Kier alpha value is 0.576. The first-order valence-corrected chi connectivity index (χ1v) is 1.21. The van der Waals surface area contributed by atoms with Crippen LogP contribution in [0.25, 0.3) is 0 Å². The first-order valence-electron chi connectivity index (χ1n) is 1.21. The zero-order valence-corrected chi connectivity index (χ0v) is 6.99. The van der Waals surface area contributed by atoms with Crippen molar-refractivity contribution in [3.05, 3.63) is 22.6 Å². The van der Waals surface area contributed by atoms with Gasteiger partial charge >= 0.3 is 0 Å². The van der Waals surface area contributed by atoms with Crippen LogP contribution in [0.5, 0.6) is 0 Å². The number of aliphatic hydroxyl groups is 1. The third kappa shape index (κ3) is 10.8. The molecule has 0 bridgehead atoms. The van der Waals surface area contributed by atoms with Crippen LogP contribution in [0, 0.1) is 10.1 Å². The molecule has 0 aromatic rings. The molecule has 1 N–H and O–H groups in total. The summed E-state index contributed by atoms with van der Waals surface area (Å²) in [6, 6.07) is 0. The van der Waals surface area contributed by atoms with Crippen LogP contribution in [0.2, 0.25) is 0 Å². The Morgan fingerprint density at radius 3 is 2.14 bits per heavy atom. The fourth-order valence-corrected chi connectivity index (χ4v) is 0.0544. The van der Waals surface area contributed by atoms with Crippen LogP contribution in [-0.2, 0) is 0 Å². The molecule has 0 saturated carbocycles. The van der Waals surface area contributed by atoms with Crippen molar-refractivity contribution in [2.45, 2.75) is 0 Å². The van der Waals surface area contributed by atoms with E-state index in [9.17, 15) is 0 Å². The predicted molar refractivity (Wildman–Crippen MR) is 24.5 cm³/mol. The van der Waals surface area contributed by atoms with Gasteiger partial charge in [-0.25, -0.2) is 0 Å². The number of nitro groups is 1. The molecule has 35 valence electrons. The molecular formula is C2H3KNO3. The van der Waals surface area contributed by atoms with E-state index in [-0.39, 0.29) is 51.4 Å². The van der Waals surface area contributed by atoms with Crippen LogP contribution >= 0.6 is 0 Å². The molecule has 0 aromatic heterocycles. The van der Waals surface area contributed by atoms with Crippen LogP contribution in [0.3, 0.4) is 0 Å². The second-order valence-electron chi connectivity index (χ2n) is 0.583. The Morgan fingerprint density at radius 1 is 1.71 bits per heavy atom. The summed E-state index contributed by atoms with van der Waals surface area (Å²) < 4.78 is 0. The predicted octanol–water partition coefficient (Wildman–Crippen LogP) is -0.0885. The van der Waals surface area contributed by atoms with Gasteiger partial charge in [0.15, 0.2) is 0 Å². The molecule has 0 amide bonds. The molecule has 0 atom stereocenters. The fraction of sp³-hybridized carbons (Fsp3) is 0. The Bertz CT molecular complexity index is 81.0. The minimum absolute atomic E-state index is 0. The van der Waals surface area contributed by atoms with Gasteiger partial charge in [-0.1, -0.05) is 0 Å². The van der Waals surface area contributed by atoms with Crippen LogP contribution in [-0.4, -0.2) is 61.4 Å². The molecule has 4 nitrogen and oxygen atoms in total. The average Bonchev–Trinajstić information content (AvgIpc) is 1.35. The summed E-state index contributed by atoms with van der Waals surface area (Å²) in [5, 5.41) is 16.8. The van der Waals surface area contributed by atoms with E-state index in [1.54, 1.807) is 0 Å². The second kappa shape index (κ2) is 6.58. The van der Waals surface area contributed by atoms with Crippen LogP contribution in [0.1, 0.15) is 0 Å². The van der Waals surface area contributed by atoms with Gasteiger partial charge in [-0.2, -0.15) is 0 Å². The molecule has 0 fully saturated rings. The van der Waals surface area contributed by atoms with Crippen molar-refractivity contribution in [3.8, 4) is 0 Å². The van der Waals surface area contributed by atoms with Gasteiger partial charge in [0, 0.05) is 51.4 Å². The topological polar surface area (TPSA) is 63.4 Å². The van der Waals surface area contributed by atoms with Gasteiger partial charge in [-0.15, -0.1) is 0 Å². The number of hydrogen-bond donors (Lipinski definition) is 1. The standard InChI is InChI=1S/C2H3NO3.K/c4-2-1-3(5)6;/h1-2,4H;. The largest absolute Gasteiger partial charge is 0.509 e. The molecule has 0 aliphatic heterocycles. The molecule has 0 rings (SSSR count). The summed E-state index contributed by atoms with van der Waals surface area (Å²) in [7, 11) is 0. The number of nitrogens with zero attached hydrogens (tertiary/aromatic N) is 1. The van der Waals surface area contributed by atoms with Gasteiger partial charge in [0.25, 0.3) is 6.20 Å². The maximum atomic E-state index is 9.16. The third-order valence-electron chi connectivity index (χ3n) is 0.188. The molecule has 7 heavy (non-hydrogen) atoms. The molecule has 0 aromatic carbocycles. The SMILES string of the molecule is O=[N+]([O-])C=CO.[K]. The van der Waals surface area contributed by atoms with Crippen molar-refractivity contribution in [1.82, 2.24) is 0 Å². The minimum atomic E-state index is -0.750. The smallest absolute Gasteiger partial charge is 0.268 e. The average molecular weight is 128 g/mol. The van der Waals surface area contributed by atoms with Crippen molar-refractivity contribution >= 4 is 51.4 Å². The van der Waals surface area contributed by atoms with Gasteiger partial charge in [0.2, 0.25) is 0 Å². The molecule has 1 radical (unpaired) electrons. The van der Waals surface area contributed by atoms with E-state index < -0.39 is 4.92 Å². The molecule has 5 heteroatoms. The van der Waals surface area contributed by atoms with E-state index >= 15 is 0 Å². The minimum Gasteiger partial charge on any atom is -0.509 e. The van der Waals surface area contributed by atoms with E-state index in [4.69, 9.17) is 15.2 Å². The molecular weight excluding hydrogens is 125 g/mol. The van der Waals surface area contributed by atoms with Crippen molar-refractivity contribution in [2.75, 3.05) is 0 Å². The summed E-state index contributed by atoms with van der Waals surface area (Å²) >= 11 is 0. The van der Waals surface area contributed by atoms with Gasteiger partial charge in [0.05, 0.1) is 4.92 Å². The first kappa shape index (κ1) is 10.5. The molecule has 0 spiro atoms. The van der Waals surface area contributed by atoms with E-state index in [0.717, 1.165) is 0 Å². The summed E-state index contributed by atoms with van der Waals surface area (Å²) in [6.07, 6.45) is 0.819. The number of aliphatic hydroxyl groups excluding tert-OH is 1. The maximum Gasteiger partial charge on any atom is 0.268 e. The monoisotopic (exact) mass is 128 g/mol. The third-order valence-corrected chi connectivity index (χ3v) is 0.188. The van der Waals surface area contributed by atoms with E-state index in [1.807, 2.05) is 0 Å². The van der Waals surface area contributed by atoms with Crippen molar-refractivity contribution in [2.24, 2.45) is 0 Å². The van der Waals surface area contributed by atoms with Crippen LogP contribution in [0.4, 0.5) is 0 Å². The fourth-order valence-electron chi connectivity index (χ4n) is 0.0544. The van der Waals surface area contributed by atoms with E-state index in [1.165, 1.54) is 0 Å². The van der Waals surface area contributed by atoms with Crippen molar-refractivity contribution in [3.63, 3.8) is 0 Å². The summed E-state index contributed by atoms with van der Waals surface area (Å²) in [5.74, 6) is 0. The summed E-state index contributed by atoms with van der Waals surface area (Å²) in [5.41, 5.74) is 0. The molecule has 0 heterocycles. The quantitative estimate of drug-likeness (QED) is 0.232. The summed E-state index contributed by atoms with van der Waals surface area (Å²) in [6.45, 7) is 0. The van der Waals surface area contributed by atoms with Gasteiger partial charge in [0.1, 0.15) is 6.26 Å². The van der Waals surface area contributed by atoms with E-state index in [0.29, 0.717) is 12.5 Å².